The van der Waals surface area contributed by atoms with Gasteiger partial charge in [-0.1, -0.05) is 33.6 Å². The molecule has 0 N–H and O–H groups in total. The van der Waals surface area contributed by atoms with E-state index >= 15 is 0 Å². The summed E-state index contributed by atoms with van der Waals surface area (Å²) in [7, 11) is 0. The molecule has 0 unspecified atom stereocenters. The van der Waals surface area contributed by atoms with Crippen molar-refractivity contribution in [3.05, 3.63) is 12.3 Å². The van der Waals surface area contributed by atoms with Gasteiger partial charge in [-0.3, -0.25) is 0 Å². The summed E-state index contributed by atoms with van der Waals surface area (Å²) in [5.41, 5.74) is 0.550. The molecule has 0 aromatic carbocycles. The predicted octanol–water partition coefficient (Wildman–Crippen LogP) is 5.05. The molecule has 1 heteroatoms. The third kappa shape index (κ3) is 11.3. The monoisotopic (exact) mass is 434 g/mol. The molecule has 0 bridgehead atoms. The van der Waals surface area contributed by atoms with Crippen LogP contribution in [0, 0.1) is 54.8 Å². The maximum atomic E-state index is 2.43. The van der Waals surface area contributed by atoms with E-state index in [1.165, 1.54) is 31.6 Å². The van der Waals surface area contributed by atoms with Crippen molar-refractivity contribution in [2.45, 2.75) is 67.2 Å². The molecule has 0 radical (unpaired) electrons. The SMILES string of the molecule is CC(C)(C)C1CC[CH-]CC1.C[C-](C)C.[U+2]. The molecule has 1 fully saturated rings. The zero-order valence-electron chi connectivity index (χ0n) is 11.5. The second kappa shape index (κ2) is 9.12. The molecule has 1 aliphatic rings. The average Bonchev–Trinajstić information content (AvgIpc) is 2.03. The van der Waals surface area contributed by atoms with E-state index in [1.54, 1.807) is 0 Å². The van der Waals surface area contributed by atoms with Crippen LogP contribution in [0.25, 0.3) is 0 Å². The van der Waals surface area contributed by atoms with Crippen LogP contribution in [0.2, 0.25) is 0 Å². The Morgan fingerprint density at radius 2 is 1.33 bits per heavy atom. The van der Waals surface area contributed by atoms with Crippen LogP contribution in [0.15, 0.2) is 0 Å². The van der Waals surface area contributed by atoms with E-state index in [0.717, 1.165) is 5.92 Å². The van der Waals surface area contributed by atoms with E-state index in [2.05, 4.69) is 48.0 Å². The molecule has 1 saturated carbocycles. The Morgan fingerprint density at radius 3 is 1.53 bits per heavy atom. The summed E-state index contributed by atoms with van der Waals surface area (Å²) < 4.78 is 0. The maximum absolute atomic E-state index is 2.43. The van der Waals surface area contributed by atoms with Gasteiger partial charge in [0.1, 0.15) is 0 Å². The molecule has 0 heterocycles. The fourth-order valence-corrected chi connectivity index (χ4v) is 1.79. The van der Waals surface area contributed by atoms with Gasteiger partial charge in [0.05, 0.1) is 0 Å². The normalized spacial score (nSPS) is 17.8. The summed E-state index contributed by atoms with van der Waals surface area (Å²) in [4.78, 5) is 0. The first-order chi connectivity index (χ1) is 6.34. The zero-order valence-corrected chi connectivity index (χ0v) is 15.6. The van der Waals surface area contributed by atoms with E-state index in [0.29, 0.717) is 5.41 Å². The Morgan fingerprint density at radius 1 is 1.00 bits per heavy atom. The van der Waals surface area contributed by atoms with Gasteiger partial charge in [-0.25, -0.2) is 0 Å². The van der Waals surface area contributed by atoms with Crippen molar-refractivity contribution < 1.29 is 31.1 Å². The first-order valence-corrected chi connectivity index (χ1v) is 5.92. The van der Waals surface area contributed by atoms with Gasteiger partial charge in [0.2, 0.25) is 0 Å². The molecule has 1 rings (SSSR count). The summed E-state index contributed by atoms with van der Waals surface area (Å²) in [6.45, 7) is 13.3. The van der Waals surface area contributed by atoms with E-state index in [-0.39, 0.29) is 31.1 Å². The Balaban J connectivity index is 0. The Hall–Kier alpha value is 1.05. The van der Waals surface area contributed by atoms with Crippen molar-refractivity contribution in [2.24, 2.45) is 11.3 Å². The fourth-order valence-electron chi connectivity index (χ4n) is 1.79. The second-order valence-corrected chi connectivity index (χ2v) is 6.01. The molecule has 0 aromatic heterocycles. The summed E-state index contributed by atoms with van der Waals surface area (Å²) in [6.07, 6.45) is 7.97. The molecular weight excluding hydrogens is 406 g/mol. The minimum atomic E-state index is 0. The minimum Gasteiger partial charge on any atom is -0.328 e. The van der Waals surface area contributed by atoms with Crippen LogP contribution in [0.3, 0.4) is 0 Å². The van der Waals surface area contributed by atoms with Crippen molar-refractivity contribution in [3.63, 3.8) is 0 Å². The van der Waals surface area contributed by atoms with Gasteiger partial charge in [0.15, 0.2) is 0 Å². The molecule has 88 valence electrons. The fraction of sp³-hybridized carbons (Fsp3) is 0.857. The smallest absolute Gasteiger partial charge is 0.328 e. The molecule has 0 aliphatic heterocycles. The van der Waals surface area contributed by atoms with Gasteiger partial charge in [0, 0.05) is 0 Å². The Kier molecular flexibility index (Phi) is 11.2. The van der Waals surface area contributed by atoms with Gasteiger partial charge in [-0.05, 0) is 11.3 Å². The zero-order chi connectivity index (χ0) is 11.2. The molecule has 0 spiro atoms. The van der Waals surface area contributed by atoms with Crippen molar-refractivity contribution in [1.29, 1.82) is 0 Å². The van der Waals surface area contributed by atoms with Crippen LogP contribution in [0.4, 0.5) is 0 Å². The van der Waals surface area contributed by atoms with Gasteiger partial charge in [0.25, 0.3) is 0 Å². The number of rotatable bonds is 0. The molecule has 0 aromatic rings. The molecule has 0 atom stereocenters. The van der Waals surface area contributed by atoms with E-state index < -0.39 is 0 Å². The molecule has 1 aliphatic carbocycles. The number of hydrogen-bond donors (Lipinski definition) is 0. The Labute approximate surface area is 121 Å². The molecule has 0 amide bonds. The topological polar surface area (TPSA) is 0 Å². The summed E-state index contributed by atoms with van der Waals surface area (Å²) in [6, 6.07) is 0. The third-order valence-electron chi connectivity index (χ3n) is 2.66. The van der Waals surface area contributed by atoms with Crippen LogP contribution >= 0.6 is 0 Å². The van der Waals surface area contributed by atoms with Gasteiger partial charge < -0.3 is 12.3 Å². The van der Waals surface area contributed by atoms with Crippen molar-refractivity contribution in [2.75, 3.05) is 0 Å². The maximum Gasteiger partial charge on any atom is 2.00 e. The summed E-state index contributed by atoms with van der Waals surface area (Å²) >= 11 is 0. The van der Waals surface area contributed by atoms with Crippen molar-refractivity contribution >= 4 is 0 Å². The van der Waals surface area contributed by atoms with E-state index in [9.17, 15) is 0 Å². The average molecular weight is 434 g/mol. The summed E-state index contributed by atoms with van der Waals surface area (Å²) in [5, 5.41) is 0. The van der Waals surface area contributed by atoms with Crippen molar-refractivity contribution in [3.8, 4) is 0 Å². The molecular formula is C14H28U. The molecule has 0 saturated heterocycles. The quantitative estimate of drug-likeness (QED) is 0.469. The summed E-state index contributed by atoms with van der Waals surface area (Å²) in [5.74, 6) is 2.39. The van der Waals surface area contributed by atoms with Gasteiger partial charge in [-0.2, -0.15) is 33.6 Å². The van der Waals surface area contributed by atoms with Gasteiger partial charge in [-0.15, -0.1) is 0 Å². The van der Waals surface area contributed by atoms with Crippen LogP contribution < -0.4 is 0 Å². The Bertz CT molecular complexity index is 124. The van der Waals surface area contributed by atoms with Crippen LogP contribution in [-0.4, -0.2) is 0 Å². The minimum absolute atomic E-state index is 0. The van der Waals surface area contributed by atoms with E-state index in [1.807, 2.05) is 0 Å². The standard InChI is InChI=1S/C10H19.C4H9.U/c1-10(2,3)9-7-5-4-6-8-9;1-4(2)3;/h4,9H,5-8H2,1-3H3;1-3H3;/q2*-1;+2. The number of hydrogen-bond acceptors (Lipinski definition) is 0. The van der Waals surface area contributed by atoms with E-state index in [4.69, 9.17) is 0 Å². The van der Waals surface area contributed by atoms with Gasteiger partial charge >= 0.3 is 31.1 Å². The predicted molar refractivity (Wildman–Crippen MR) is 66.0 cm³/mol. The van der Waals surface area contributed by atoms with Crippen molar-refractivity contribution in [1.82, 2.24) is 0 Å². The third-order valence-corrected chi connectivity index (χ3v) is 2.66. The first kappa shape index (κ1) is 18.4. The molecule has 0 nitrogen and oxygen atoms in total. The van der Waals surface area contributed by atoms with Crippen LogP contribution in [0.5, 0.6) is 0 Å². The molecule has 15 heavy (non-hydrogen) atoms. The second-order valence-electron chi connectivity index (χ2n) is 6.01. The first-order valence-electron chi connectivity index (χ1n) is 5.92. The van der Waals surface area contributed by atoms with Crippen LogP contribution in [-0.2, 0) is 0 Å². The van der Waals surface area contributed by atoms with Crippen LogP contribution in [0.1, 0.15) is 67.2 Å². The largest absolute Gasteiger partial charge is 2.00 e.